The molecule has 0 aliphatic rings. The Morgan fingerprint density at radius 2 is 1.75 bits per heavy atom. The van der Waals surface area contributed by atoms with Crippen molar-refractivity contribution in [2.75, 3.05) is 25.6 Å². The molecule has 0 saturated heterocycles. The maximum atomic E-state index is 13.4. The fourth-order valence-electron chi connectivity index (χ4n) is 1.54. The number of anilines is 1. The minimum Gasteiger partial charge on any atom is -0.490 e. The van der Waals surface area contributed by atoms with Crippen LogP contribution < -0.4 is 14.8 Å². The summed E-state index contributed by atoms with van der Waals surface area (Å²) in [4.78, 5) is 3.70. The lowest BCUT2D eigenvalue weighted by molar-refractivity contribution is 0.205. The number of rotatable bonds is 6. The van der Waals surface area contributed by atoms with E-state index in [4.69, 9.17) is 9.47 Å². The van der Waals surface area contributed by atoms with Gasteiger partial charge < -0.3 is 14.8 Å². The van der Waals surface area contributed by atoms with Crippen LogP contribution in [-0.4, -0.2) is 25.2 Å². The van der Waals surface area contributed by atoms with Crippen molar-refractivity contribution in [3.8, 4) is 11.6 Å². The summed E-state index contributed by atoms with van der Waals surface area (Å²) in [7, 11) is 1.49. The second-order valence-corrected chi connectivity index (χ2v) is 3.87. The predicted octanol–water partition coefficient (Wildman–Crippen LogP) is 2.86. The first kappa shape index (κ1) is 14.0. The highest BCUT2D eigenvalue weighted by Crippen LogP contribution is 2.20. The number of hydrogen-bond donors (Lipinski definition) is 1. The highest BCUT2D eigenvalue weighted by atomic mass is 19.1. The van der Waals surface area contributed by atoms with E-state index < -0.39 is 11.6 Å². The fourth-order valence-corrected chi connectivity index (χ4v) is 1.54. The molecule has 106 valence electrons. The standard InChI is InChI=1S/C14H14F2N2O2/c1-17-13-11(15)9-12(16)14(18-13)20-8-7-19-10-5-3-2-4-6-10/h2-6,9H,7-8H2,1H3,(H,17,18). The molecular formula is C14H14F2N2O2. The number of para-hydroxylation sites is 1. The topological polar surface area (TPSA) is 43.4 Å². The smallest absolute Gasteiger partial charge is 0.252 e. The molecule has 1 N–H and O–H groups in total. The molecule has 2 rings (SSSR count). The first-order valence-corrected chi connectivity index (χ1v) is 6.05. The molecule has 0 radical (unpaired) electrons. The maximum absolute atomic E-state index is 13.4. The van der Waals surface area contributed by atoms with E-state index in [0.717, 1.165) is 6.07 Å². The Morgan fingerprint density at radius 1 is 1.05 bits per heavy atom. The number of hydrogen-bond acceptors (Lipinski definition) is 4. The molecule has 6 heteroatoms. The van der Waals surface area contributed by atoms with Crippen molar-refractivity contribution < 1.29 is 18.3 Å². The van der Waals surface area contributed by atoms with Crippen molar-refractivity contribution in [1.29, 1.82) is 0 Å². The van der Waals surface area contributed by atoms with Gasteiger partial charge in [-0.05, 0) is 12.1 Å². The summed E-state index contributed by atoms with van der Waals surface area (Å²) >= 11 is 0. The second-order valence-electron chi connectivity index (χ2n) is 3.87. The maximum Gasteiger partial charge on any atom is 0.252 e. The quantitative estimate of drug-likeness (QED) is 0.826. The molecule has 2 aromatic rings. The largest absolute Gasteiger partial charge is 0.490 e. The fraction of sp³-hybridized carbons (Fsp3) is 0.214. The SMILES string of the molecule is CNc1nc(OCCOc2ccccc2)c(F)cc1F. The van der Waals surface area contributed by atoms with E-state index in [0.29, 0.717) is 5.75 Å². The summed E-state index contributed by atoms with van der Waals surface area (Å²) < 4.78 is 37.1. The highest BCUT2D eigenvalue weighted by molar-refractivity contribution is 5.38. The Labute approximate surface area is 115 Å². The van der Waals surface area contributed by atoms with Crippen LogP contribution in [0, 0.1) is 11.6 Å². The van der Waals surface area contributed by atoms with Crippen LogP contribution >= 0.6 is 0 Å². The Bertz CT molecular complexity index is 565. The van der Waals surface area contributed by atoms with Crippen LogP contribution in [0.15, 0.2) is 36.4 Å². The van der Waals surface area contributed by atoms with Gasteiger partial charge in [-0.15, -0.1) is 0 Å². The van der Waals surface area contributed by atoms with Gasteiger partial charge in [0.15, 0.2) is 17.5 Å². The lowest BCUT2D eigenvalue weighted by Gasteiger charge is -2.09. The van der Waals surface area contributed by atoms with E-state index in [2.05, 4.69) is 10.3 Å². The van der Waals surface area contributed by atoms with Crippen LogP contribution in [-0.2, 0) is 0 Å². The third-order valence-electron chi connectivity index (χ3n) is 2.47. The molecule has 1 aromatic heterocycles. The molecule has 0 amide bonds. The molecule has 1 aromatic carbocycles. The van der Waals surface area contributed by atoms with E-state index in [9.17, 15) is 8.78 Å². The Hall–Kier alpha value is -2.37. The number of pyridine rings is 1. The van der Waals surface area contributed by atoms with Gasteiger partial charge in [-0.25, -0.2) is 8.78 Å². The van der Waals surface area contributed by atoms with Crippen molar-refractivity contribution in [3.05, 3.63) is 48.0 Å². The number of aromatic nitrogens is 1. The Morgan fingerprint density at radius 3 is 2.45 bits per heavy atom. The molecule has 0 aliphatic carbocycles. The average molecular weight is 280 g/mol. The summed E-state index contributed by atoms with van der Waals surface area (Å²) in [5.41, 5.74) is 0. The molecule has 4 nitrogen and oxygen atoms in total. The third-order valence-corrected chi connectivity index (χ3v) is 2.47. The number of halogens is 2. The number of nitrogens with zero attached hydrogens (tertiary/aromatic N) is 1. The molecule has 20 heavy (non-hydrogen) atoms. The van der Waals surface area contributed by atoms with Gasteiger partial charge in [-0.2, -0.15) is 4.98 Å². The summed E-state index contributed by atoms with van der Waals surface area (Å²) in [6.07, 6.45) is 0. The van der Waals surface area contributed by atoms with Crippen LogP contribution in [0.25, 0.3) is 0 Å². The molecule has 0 unspecified atom stereocenters. The monoisotopic (exact) mass is 280 g/mol. The van der Waals surface area contributed by atoms with Crippen molar-refractivity contribution in [2.24, 2.45) is 0 Å². The van der Waals surface area contributed by atoms with E-state index in [1.165, 1.54) is 7.05 Å². The van der Waals surface area contributed by atoms with Gasteiger partial charge in [0.1, 0.15) is 19.0 Å². The molecule has 0 atom stereocenters. The average Bonchev–Trinajstić information content (AvgIpc) is 2.46. The normalized spacial score (nSPS) is 10.2. The van der Waals surface area contributed by atoms with Gasteiger partial charge in [0.25, 0.3) is 5.88 Å². The van der Waals surface area contributed by atoms with E-state index in [1.54, 1.807) is 12.1 Å². The van der Waals surface area contributed by atoms with Gasteiger partial charge in [0.2, 0.25) is 0 Å². The van der Waals surface area contributed by atoms with Gasteiger partial charge in [-0.3, -0.25) is 0 Å². The highest BCUT2D eigenvalue weighted by Gasteiger charge is 2.11. The Balaban J connectivity index is 1.88. The lowest BCUT2D eigenvalue weighted by atomic mass is 10.3. The number of benzene rings is 1. The van der Waals surface area contributed by atoms with Crippen LogP contribution in [0.5, 0.6) is 11.6 Å². The molecule has 0 bridgehead atoms. The van der Waals surface area contributed by atoms with Crippen molar-refractivity contribution in [2.45, 2.75) is 0 Å². The second kappa shape index (κ2) is 6.70. The minimum absolute atomic E-state index is 0.0645. The minimum atomic E-state index is -0.846. The molecule has 1 heterocycles. The summed E-state index contributed by atoms with van der Waals surface area (Å²) in [6.45, 7) is 0.338. The number of ether oxygens (including phenoxy) is 2. The summed E-state index contributed by atoms with van der Waals surface area (Å²) in [5.74, 6) is -1.24. The molecule has 0 spiro atoms. The van der Waals surface area contributed by atoms with Crippen LogP contribution in [0.4, 0.5) is 14.6 Å². The number of nitrogens with one attached hydrogen (secondary N) is 1. The zero-order valence-electron chi connectivity index (χ0n) is 10.9. The molecule has 0 fully saturated rings. The zero-order valence-corrected chi connectivity index (χ0v) is 10.9. The van der Waals surface area contributed by atoms with Gasteiger partial charge in [0, 0.05) is 13.1 Å². The first-order chi connectivity index (χ1) is 9.70. The molecule has 0 aliphatic heterocycles. The molecule has 0 saturated carbocycles. The van der Waals surface area contributed by atoms with Crippen molar-refractivity contribution in [3.63, 3.8) is 0 Å². The Kier molecular flexibility index (Phi) is 4.70. The molecular weight excluding hydrogens is 266 g/mol. The van der Waals surface area contributed by atoms with Gasteiger partial charge >= 0.3 is 0 Å². The van der Waals surface area contributed by atoms with Gasteiger partial charge in [0.05, 0.1) is 0 Å². The van der Waals surface area contributed by atoms with Crippen LogP contribution in [0.1, 0.15) is 0 Å². The van der Waals surface area contributed by atoms with Crippen LogP contribution in [0.2, 0.25) is 0 Å². The summed E-state index contributed by atoms with van der Waals surface area (Å²) in [6, 6.07) is 9.89. The lowest BCUT2D eigenvalue weighted by Crippen LogP contribution is -2.11. The van der Waals surface area contributed by atoms with Crippen molar-refractivity contribution >= 4 is 5.82 Å². The van der Waals surface area contributed by atoms with E-state index in [-0.39, 0.29) is 24.9 Å². The van der Waals surface area contributed by atoms with Crippen molar-refractivity contribution in [1.82, 2.24) is 4.98 Å². The van der Waals surface area contributed by atoms with E-state index in [1.807, 2.05) is 18.2 Å². The van der Waals surface area contributed by atoms with E-state index >= 15 is 0 Å². The summed E-state index contributed by atoms with van der Waals surface area (Å²) in [5, 5.41) is 2.52. The zero-order chi connectivity index (χ0) is 14.4. The van der Waals surface area contributed by atoms with Gasteiger partial charge in [-0.1, -0.05) is 18.2 Å². The van der Waals surface area contributed by atoms with Crippen LogP contribution in [0.3, 0.4) is 0 Å². The predicted molar refractivity (Wildman–Crippen MR) is 71.1 cm³/mol. The third kappa shape index (κ3) is 3.57. The first-order valence-electron chi connectivity index (χ1n) is 6.05.